The normalized spacial score (nSPS) is 14.9. The zero-order valence-electron chi connectivity index (χ0n) is 51.2. The summed E-state index contributed by atoms with van der Waals surface area (Å²) in [6, 6.07) is 113. The second-order valence-electron chi connectivity index (χ2n) is 26.9. The Labute approximate surface area is 551 Å². The summed E-state index contributed by atoms with van der Waals surface area (Å²) in [5, 5.41) is 0. The Kier molecular flexibility index (Phi) is 9.16. The maximum absolute atomic E-state index is 2.68. The van der Waals surface area contributed by atoms with Crippen molar-refractivity contribution in [1.82, 2.24) is 0 Å². The van der Waals surface area contributed by atoms with Crippen LogP contribution in [0.1, 0.15) is 0 Å². The zero-order valence-corrected chi connectivity index (χ0v) is 51.2. The molecule has 10 heterocycles. The van der Waals surface area contributed by atoms with Crippen LogP contribution in [0.2, 0.25) is 0 Å². The summed E-state index contributed by atoms with van der Waals surface area (Å²) in [7, 11) is 0. The van der Waals surface area contributed by atoms with E-state index in [0.717, 1.165) is 11.4 Å². The Morgan fingerprint density at radius 3 is 0.874 bits per heavy atom. The minimum Gasteiger partial charge on any atom is -0.312 e. The fourth-order valence-electron chi connectivity index (χ4n) is 19.4. The maximum Gasteiger partial charge on any atom is 0.252 e. The lowest BCUT2D eigenvalue weighted by Crippen LogP contribution is -2.69. The number of benzene rings is 14. The van der Waals surface area contributed by atoms with E-state index in [1.54, 1.807) is 0 Å². The van der Waals surface area contributed by atoms with E-state index in [4.69, 9.17) is 0 Å². The van der Waals surface area contributed by atoms with Gasteiger partial charge in [-0.1, -0.05) is 194 Å². The molecule has 0 saturated carbocycles. The molecule has 0 amide bonds. The minimum absolute atomic E-state index is 0.00379. The molecule has 24 rings (SSSR count). The van der Waals surface area contributed by atoms with Gasteiger partial charge in [0.1, 0.15) is 0 Å². The topological polar surface area (TPSA) is 22.7 Å². The summed E-state index contributed by atoms with van der Waals surface area (Å²) in [4.78, 5) is 18.4. The van der Waals surface area contributed by atoms with Crippen molar-refractivity contribution in [3.05, 3.63) is 297 Å². The lowest BCUT2D eigenvalue weighted by molar-refractivity contribution is 1.12. The monoisotopic (exact) mass is 1200 g/mol. The molecule has 0 aromatic heterocycles. The predicted octanol–water partition coefficient (Wildman–Crippen LogP) is 12.8. The Morgan fingerprint density at radius 2 is 0.442 bits per heavy atom. The van der Waals surface area contributed by atoms with Crippen molar-refractivity contribution >= 4 is 212 Å². The average Bonchev–Trinajstić information content (AvgIpc) is 0.655. The molecule has 14 aromatic carbocycles. The van der Waals surface area contributed by atoms with Gasteiger partial charge in [-0.05, 0) is 180 Å². The summed E-state index contributed by atoms with van der Waals surface area (Å²) in [5.74, 6) is 0. The van der Waals surface area contributed by atoms with Crippen molar-refractivity contribution in [2.45, 2.75) is 0 Å². The lowest BCUT2D eigenvalue weighted by Gasteiger charge is -2.56. The van der Waals surface area contributed by atoms with Crippen LogP contribution in [0.4, 0.5) is 119 Å². The second kappa shape index (κ2) is 17.5. The molecule has 10 aliphatic heterocycles. The van der Waals surface area contributed by atoms with Crippen LogP contribution in [0, 0.1) is 0 Å². The van der Waals surface area contributed by atoms with Gasteiger partial charge in [0.05, 0.1) is 39.8 Å². The molecule has 11 heteroatoms. The summed E-state index contributed by atoms with van der Waals surface area (Å²) >= 11 is 0. The predicted molar refractivity (Wildman–Crippen MR) is 400 cm³/mol. The molecular weight excluding hydrogens is 1150 g/mol. The summed E-state index contributed by atoms with van der Waals surface area (Å²) < 4.78 is 0. The van der Waals surface area contributed by atoms with Gasteiger partial charge in [0.15, 0.2) is 0 Å². The fourth-order valence-corrected chi connectivity index (χ4v) is 19.4. The Hall–Kier alpha value is -12.1. The first-order valence-electron chi connectivity index (χ1n) is 33.4. The van der Waals surface area contributed by atoms with Gasteiger partial charge in [0, 0.05) is 79.6 Å². The molecule has 0 spiro atoms. The molecule has 432 valence electrons. The smallest absolute Gasteiger partial charge is 0.252 e. The standard InChI is InChI=1S/C84H49B4N7/c1-3-23-52(24-4-1)89-62-33-13-7-27-54(62)85-55-28-8-14-34-63(55)91-64-35-15-9-29-56(64)86-60-45-43-51(48-73(60)90(53-25-5-2-6-26-53)75-49-74(89)76(85)80(91)77(75)86)50-44-46-68-61(47-50)88-59-32-12-18-38-67(59)94-70-40-20-22-42-72(70)95-71-41-21-19-39-69(71)93-66-37-17-11-31-58(66)87-57-30-10-16-36-65(57)92(68)81-78(87)82(93)84(95)83(94)79(81)88/h1-49H. The van der Waals surface area contributed by atoms with Gasteiger partial charge in [-0.2, -0.15) is 0 Å². The van der Waals surface area contributed by atoms with E-state index in [0.29, 0.717) is 0 Å². The highest BCUT2D eigenvalue weighted by atomic mass is 15.4. The lowest BCUT2D eigenvalue weighted by atomic mass is 9.28. The third-order valence-corrected chi connectivity index (χ3v) is 22.7. The third kappa shape index (κ3) is 5.90. The molecule has 0 aliphatic carbocycles. The highest BCUT2D eigenvalue weighted by Gasteiger charge is 2.57. The van der Waals surface area contributed by atoms with Crippen molar-refractivity contribution in [2.75, 3.05) is 34.3 Å². The second-order valence-corrected chi connectivity index (χ2v) is 26.9. The average molecular weight is 1200 g/mol. The fraction of sp³-hybridized carbons (Fsp3) is 0. The van der Waals surface area contributed by atoms with Gasteiger partial charge < -0.3 is 34.3 Å². The van der Waals surface area contributed by atoms with Crippen LogP contribution >= 0.6 is 0 Å². The number of hydrogen-bond donors (Lipinski definition) is 0. The number of anilines is 21. The Balaban J connectivity index is 0.768. The maximum atomic E-state index is 2.68. The first-order chi connectivity index (χ1) is 47.2. The first-order valence-corrected chi connectivity index (χ1v) is 33.4. The van der Waals surface area contributed by atoms with Crippen LogP contribution < -0.4 is 99.9 Å². The van der Waals surface area contributed by atoms with Gasteiger partial charge in [0.25, 0.3) is 26.9 Å². The van der Waals surface area contributed by atoms with Crippen LogP contribution in [0.15, 0.2) is 297 Å². The van der Waals surface area contributed by atoms with Crippen LogP contribution in [-0.4, -0.2) is 26.9 Å². The van der Waals surface area contributed by atoms with E-state index in [1.807, 2.05) is 0 Å². The molecular formula is C84H49B4N7. The number of rotatable bonds is 3. The first kappa shape index (κ1) is 49.6. The molecule has 10 aliphatic rings. The van der Waals surface area contributed by atoms with Crippen LogP contribution in [0.5, 0.6) is 0 Å². The highest BCUT2D eigenvalue weighted by molar-refractivity contribution is 7.06. The van der Waals surface area contributed by atoms with Gasteiger partial charge in [-0.15, -0.1) is 0 Å². The zero-order chi connectivity index (χ0) is 61.2. The van der Waals surface area contributed by atoms with Crippen molar-refractivity contribution in [3.63, 3.8) is 0 Å². The van der Waals surface area contributed by atoms with E-state index < -0.39 is 0 Å². The molecule has 0 radical (unpaired) electrons. The van der Waals surface area contributed by atoms with Crippen molar-refractivity contribution in [3.8, 4) is 11.1 Å². The van der Waals surface area contributed by atoms with Gasteiger partial charge in [-0.25, -0.2) is 0 Å². The summed E-state index contributed by atoms with van der Waals surface area (Å²) in [6.45, 7) is -0.121. The van der Waals surface area contributed by atoms with E-state index in [2.05, 4.69) is 332 Å². The highest BCUT2D eigenvalue weighted by Crippen LogP contribution is 2.65. The number of nitrogens with zero attached hydrogens (tertiary/aromatic N) is 7. The SMILES string of the molecule is c1ccc(N2c3ccccc3B3c4ccccc4N4c5ccccc5B5c6ccc(-c7ccc8c(c7)B7c9ccccc9N9c%10ccccc%10N%10c%11ccccc%11N%11c%12ccccc%12B%12c%13ccccc%13N8c8c%12c%11c%10c9c87)cc6N(c6ccccc6)c6cc2c3c4c65)cc1. The van der Waals surface area contributed by atoms with Crippen LogP contribution in [0.25, 0.3) is 11.1 Å². The van der Waals surface area contributed by atoms with E-state index in [9.17, 15) is 0 Å². The Bertz CT molecular complexity index is 5770. The van der Waals surface area contributed by atoms with E-state index in [-0.39, 0.29) is 26.9 Å². The van der Waals surface area contributed by atoms with Crippen molar-refractivity contribution < 1.29 is 0 Å². The van der Waals surface area contributed by atoms with E-state index >= 15 is 0 Å². The number of para-hydroxylation sites is 12. The number of hydrogen-bond acceptors (Lipinski definition) is 7. The quantitative estimate of drug-likeness (QED) is 0.162. The molecule has 0 N–H and O–H groups in total. The molecule has 7 nitrogen and oxygen atoms in total. The molecule has 0 saturated heterocycles. The summed E-state index contributed by atoms with van der Waals surface area (Å²) in [6.07, 6.45) is 0. The third-order valence-electron chi connectivity index (χ3n) is 22.7. The van der Waals surface area contributed by atoms with Crippen LogP contribution in [-0.2, 0) is 0 Å². The Morgan fingerprint density at radius 1 is 0.158 bits per heavy atom. The number of fused-ring (bicyclic) bond motifs is 28. The van der Waals surface area contributed by atoms with Crippen molar-refractivity contribution in [2.24, 2.45) is 0 Å². The molecule has 0 bridgehead atoms. The van der Waals surface area contributed by atoms with Gasteiger partial charge >= 0.3 is 0 Å². The molecule has 0 atom stereocenters. The van der Waals surface area contributed by atoms with Crippen molar-refractivity contribution in [1.29, 1.82) is 0 Å². The molecule has 14 aromatic rings. The summed E-state index contributed by atoms with van der Waals surface area (Å²) in [5.41, 5.74) is 44.0. The van der Waals surface area contributed by atoms with Gasteiger partial charge in [-0.3, -0.25) is 0 Å². The largest absolute Gasteiger partial charge is 0.312 e. The van der Waals surface area contributed by atoms with Crippen LogP contribution in [0.3, 0.4) is 0 Å². The molecule has 0 unspecified atom stereocenters. The van der Waals surface area contributed by atoms with E-state index in [1.165, 1.54) is 185 Å². The van der Waals surface area contributed by atoms with Gasteiger partial charge in [0.2, 0.25) is 0 Å². The molecule has 0 fully saturated rings. The molecule has 95 heavy (non-hydrogen) atoms. The minimum atomic E-state index is -0.0946.